The number of fused-ring (bicyclic) bond motifs is 1. The number of aromatic hydroxyl groups is 1. The minimum Gasteiger partial charge on any atom is -0.492 e. The molecule has 130 valence electrons. The zero-order valence-corrected chi connectivity index (χ0v) is 13.0. The molecule has 3 heterocycles. The summed E-state index contributed by atoms with van der Waals surface area (Å²) in [7, 11) is -4.37. The number of rotatable bonds is 5. The first-order valence-corrected chi connectivity index (χ1v) is 8.20. The smallest absolute Gasteiger partial charge is 0.492 e. The molecule has 0 aromatic carbocycles. The van der Waals surface area contributed by atoms with E-state index in [9.17, 15) is 14.6 Å². The number of aromatic nitrogens is 4. The summed E-state index contributed by atoms with van der Waals surface area (Å²) < 4.78 is 27.2. The van der Waals surface area contributed by atoms with Gasteiger partial charge in [0.25, 0.3) is 0 Å². The highest BCUT2D eigenvalue weighted by atomic mass is 31.2. The van der Waals surface area contributed by atoms with Crippen LogP contribution in [0, 0.1) is 0 Å². The number of nitrogens with zero attached hydrogens (tertiary/aromatic N) is 4. The molecule has 0 amide bonds. The van der Waals surface area contributed by atoms with E-state index in [-0.39, 0.29) is 17.3 Å². The molecule has 24 heavy (non-hydrogen) atoms. The molecule has 0 aliphatic carbocycles. The second-order valence-corrected chi connectivity index (χ2v) is 6.16. The largest absolute Gasteiger partial charge is 0.529 e. The van der Waals surface area contributed by atoms with Crippen molar-refractivity contribution in [3.05, 3.63) is 18.3 Å². The fourth-order valence-electron chi connectivity index (χ4n) is 2.20. The number of phosphoric ester groups is 1. The molecule has 13 heteroatoms. The Morgan fingerprint density at radius 3 is 3.08 bits per heavy atom. The van der Waals surface area contributed by atoms with Crippen LogP contribution < -0.4 is 5.73 Å². The topological polar surface area (TPSA) is 175 Å². The molecule has 1 aliphatic rings. The summed E-state index contributed by atoms with van der Waals surface area (Å²) in [6.07, 6.45) is 2.77. The molecule has 2 aromatic heterocycles. The van der Waals surface area contributed by atoms with Gasteiger partial charge in [-0.15, -0.1) is 0 Å². The molecule has 5 N–H and O–H groups in total. The normalized spacial score (nSPS) is 21.8. The van der Waals surface area contributed by atoms with Gasteiger partial charge in [-0.2, -0.15) is 9.97 Å². The lowest BCUT2D eigenvalue weighted by atomic mass is 10.3. The van der Waals surface area contributed by atoms with Gasteiger partial charge >= 0.3 is 7.82 Å². The lowest BCUT2D eigenvalue weighted by Gasteiger charge is -2.13. The molecule has 1 fully saturated rings. The van der Waals surface area contributed by atoms with Crippen LogP contribution >= 0.6 is 7.82 Å². The maximum Gasteiger partial charge on any atom is 0.529 e. The average Bonchev–Trinajstić information content (AvgIpc) is 3.11. The maximum atomic E-state index is 11.3. The number of ether oxygens (including phenoxy) is 1. The summed E-state index contributed by atoms with van der Waals surface area (Å²) in [5.74, 6) is -0.152. The summed E-state index contributed by atoms with van der Waals surface area (Å²) in [5.41, 5.74) is 5.99. The maximum absolute atomic E-state index is 11.3. The molecule has 0 radical (unpaired) electrons. The highest BCUT2D eigenvalue weighted by Gasteiger charge is 2.27. The van der Waals surface area contributed by atoms with Gasteiger partial charge in [-0.05, 0) is 0 Å². The Morgan fingerprint density at radius 2 is 2.33 bits per heavy atom. The average molecular weight is 359 g/mol. The van der Waals surface area contributed by atoms with Crippen LogP contribution in [0.1, 0.15) is 19.1 Å². The van der Waals surface area contributed by atoms with Crippen molar-refractivity contribution in [1.82, 2.24) is 19.5 Å². The lowest BCUT2D eigenvalue weighted by molar-refractivity contribution is 0.0597. The fraction of sp³-hybridized carbons (Fsp3) is 0.364. The van der Waals surface area contributed by atoms with Crippen LogP contribution in [0.2, 0.25) is 0 Å². The molecule has 3 rings (SSSR count). The van der Waals surface area contributed by atoms with Crippen molar-refractivity contribution in [2.75, 3.05) is 12.5 Å². The van der Waals surface area contributed by atoms with Crippen LogP contribution in [0.25, 0.3) is 11.2 Å². The van der Waals surface area contributed by atoms with Gasteiger partial charge in [0.15, 0.2) is 24.2 Å². The van der Waals surface area contributed by atoms with Crippen LogP contribution in [0.15, 0.2) is 18.3 Å². The van der Waals surface area contributed by atoms with Crippen molar-refractivity contribution in [2.45, 2.75) is 19.1 Å². The first-order valence-electron chi connectivity index (χ1n) is 6.71. The highest BCUT2D eigenvalue weighted by Crippen LogP contribution is 2.44. The Kier molecular flexibility index (Phi) is 4.28. The quantitative estimate of drug-likeness (QED) is 0.329. The summed E-state index contributed by atoms with van der Waals surface area (Å²) in [6, 6.07) is 0. The van der Waals surface area contributed by atoms with Crippen LogP contribution in [0.5, 0.6) is 5.88 Å². The van der Waals surface area contributed by atoms with E-state index in [0.29, 0.717) is 24.2 Å². The van der Waals surface area contributed by atoms with Gasteiger partial charge in [0.2, 0.25) is 11.8 Å². The van der Waals surface area contributed by atoms with Gasteiger partial charge in [-0.3, -0.25) is 14.0 Å². The number of nitrogen functional groups attached to an aromatic ring is 1. The van der Waals surface area contributed by atoms with Crippen LogP contribution in [0.3, 0.4) is 0 Å². The van der Waals surface area contributed by atoms with Crippen molar-refractivity contribution in [3.63, 3.8) is 0 Å². The second kappa shape index (κ2) is 6.24. The van der Waals surface area contributed by atoms with E-state index >= 15 is 0 Å². The first-order chi connectivity index (χ1) is 11.4. The summed E-state index contributed by atoms with van der Waals surface area (Å²) in [6.45, 7) is -0.952. The number of nitrogens with two attached hydrogens (primary N) is 1. The highest BCUT2D eigenvalue weighted by molar-refractivity contribution is 7.47. The van der Waals surface area contributed by atoms with Gasteiger partial charge in [-0.1, -0.05) is 0 Å². The summed E-state index contributed by atoms with van der Waals surface area (Å²) >= 11 is 0. The predicted molar refractivity (Wildman–Crippen MR) is 77.9 cm³/mol. The number of hydrogen-bond donors (Lipinski definition) is 4. The number of aliphatic hydroxyl groups excluding tert-OH is 1. The molecule has 1 aliphatic heterocycles. The van der Waals surface area contributed by atoms with Crippen molar-refractivity contribution in [1.29, 1.82) is 0 Å². The lowest BCUT2D eigenvalue weighted by Crippen LogP contribution is -2.07. The number of allylic oxidation sites excluding steroid dienone is 1. The number of phosphoric acid groups is 1. The Bertz CT molecular complexity index is 838. The van der Waals surface area contributed by atoms with Gasteiger partial charge in [0.05, 0.1) is 0 Å². The molecular formula is C11H14N5O7P. The van der Waals surface area contributed by atoms with Crippen LogP contribution in [0.4, 0.5) is 5.95 Å². The Balaban J connectivity index is 1.78. The molecule has 1 saturated heterocycles. The number of hydrogen-bond acceptors (Lipinski definition) is 10. The number of imidazole rings is 1. The first kappa shape index (κ1) is 16.5. The van der Waals surface area contributed by atoms with Crippen molar-refractivity contribution >= 4 is 24.9 Å². The zero-order valence-electron chi connectivity index (χ0n) is 12.1. The van der Waals surface area contributed by atoms with Crippen LogP contribution in [-0.2, 0) is 18.3 Å². The molecule has 12 nitrogen and oxygen atoms in total. The SMILES string of the molecule is Nc1nc(O)c2ncn(C3CC/C(=C\OP(=O)(O)OCO)O3)c2n1. The number of anilines is 1. The third kappa shape index (κ3) is 3.26. The summed E-state index contributed by atoms with van der Waals surface area (Å²) in [4.78, 5) is 20.8. The van der Waals surface area contributed by atoms with Gasteiger partial charge in [0, 0.05) is 12.8 Å². The molecule has 2 atom stereocenters. The van der Waals surface area contributed by atoms with E-state index in [4.69, 9.17) is 15.6 Å². The molecule has 2 unspecified atom stereocenters. The molecule has 0 spiro atoms. The standard InChI is InChI=1S/C11H14N5O7P/c12-11-14-9-8(10(18)15-11)13-4-16(9)7-2-1-6(23-7)3-21-24(19,20)22-5-17/h3-4,7,17H,1-2,5H2,(H,19,20)(H3,12,14,15,18)/b6-3+. The monoisotopic (exact) mass is 359 g/mol. The van der Waals surface area contributed by atoms with E-state index < -0.39 is 20.8 Å². The fourth-order valence-corrected chi connectivity index (χ4v) is 2.66. The van der Waals surface area contributed by atoms with Gasteiger partial charge < -0.3 is 25.2 Å². The van der Waals surface area contributed by atoms with Gasteiger partial charge in [0.1, 0.15) is 18.3 Å². The Morgan fingerprint density at radius 1 is 1.54 bits per heavy atom. The third-order valence-corrected chi connectivity index (χ3v) is 4.01. The molecule has 2 aromatic rings. The van der Waals surface area contributed by atoms with E-state index in [2.05, 4.69) is 24.0 Å². The molecule has 0 saturated carbocycles. The second-order valence-electron chi connectivity index (χ2n) is 4.76. The molecule has 0 bridgehead atoms. The zero-order chi connectivity index (χ0) is 17.3. The van der Waals surface area contributed by atoms with E-state index in [1.807, 2.05) is 0 Å². The van der Waals surface area contributed by atoms with Crippen molar-refractivity contribution < 1.29 is 33.5 Å². The summed E-state index contributed by atoms with van der Waals surface area (Å²) in [5, 5.41) is 18.2. The third-order valence-electron chi connectivity index (χ3n) is 3.19. The van der Waals surface area contributed by atoms with Crippen LogP contribution in [-0.4, -0.2) is 41.4 Å². The Hall–Kier alpha value is -2.40. The minimum atomic E-state index is -4.37. The van der Waals surface area contributed by atoms with Crippen molar-refractivity contribution in [2.24, 2.45) is 0 Å². The number of aliphatic hydroxyl groups is 1. The predicted octanol–water partition coefficient (Wildman–Crippen LogP) is 0.348. The van der Waals surface area contributed by atoms with Gasteiger partial charge in [-0.25, -0.2) is 9.55 Å². The van der Waals surface area contributed by atoms with E-state index in [1.54, 1.807) is 4.57 Å². The Labute approximate surface area is 134 Å². The minimum absolute atomic E-state index is 0.110. The van der Waals surface area contributed by atoms with E-state index in [0.717, 1.165) is 6.26 Å². The molecular weight excluding hydrogens is 345 g/mol. The van der Waals surface area contributed by atoms with E-state index in [1.165, 1.54) is 6.33 Å². The van der Waals surface area contributed by atoms with Crippen molar-refractivity contribution in [3.8, 4) is 5.88 Å².